The number of ether oxygens (including phenoxy) is 1. The Kier molecular flexibility index (Phi) is 5.01. The molecule has 2 unspecified atom stereocenters. The predicted molar refractivity (Wildman–Crippen MR) is 71.3 cm³/mol. The molecule has 0 aliphatic carbocycles. The van der Waals surface area contributed by atoms with E-state index in [0.717, 1.165) is 26.2 Å². The molecule has 1 fully saturated rings. The van der Waals surface area contributed by atoms with Gasteiger partial charge in [-0.05, 0) is 32.7 Å². The van der Waals surface area contributed by atoms with Crippen molar-refractivity contribution in [2.24, 2.45) is 0 Å². The van der Waals surface area contributed by atoms with Gasteiger partial charge in [0.2, 0.25) is 0 Å². The van der Waals surface area contributed by atoms with Crippen molar-refractivity contribution in [1.29, 1.82) is 0 Å². The molecule has 0 aromatic rings. The van der Waals surface area contributed by atoms with E-state index >= 15 is 0 Å². The van der Waals surface area contributed by atoms with E-state index < -0.39 is 0 Å². The molecule has 3 heteroatoms. The largest absolute Gasteiger partial charge is 0.372 e. The maximum absolute atomic E-state index is 6.08. The normalized spacial score (nSPS) is 30.6. The first-order valence-electron chi connectivity index (χ1n) is 7.02. The minimum absolute atomic E-state index is 0.446. The molecule has 2 aliphatic rings. The lowest BCUT2D eigenvalue weighted by Crippen LogP contribution is -2.37. The van der Waals surface area contributed by atoms with Gasteiger partial charge in [0.05, 0.1) is 12.2 Å². The monoisotopic (exact) mass is 238 g/mol. The van der Waals surface area contributed by atoms with Crippen molar-refractivity contribution in [2.45, 2.75) is 45.3 Å². The van der Waals surface area contributed by atoms with Crippen LogP contribution in [0.15, 0.2) is 11.6 Å². The maximum Gasteiger partial charge on any atom is 0.0707 e. The molecule has 1 saturated heterocycles. The molecule has 98 valence electrons. The Bertz CT molecular complexity index is 265. The molecule has 0 amide bonds. The Morgan fingerprint density at radius 3 is 3.00 bits per heavy atom. The number of nitrogens with one attached hydrogen (secondary N) is 1. The number of rotatable bonds is 5. The van der Waals surface area contributed by atoms with Crippen molar-refractivity contribution in [2.75, 3.05) is 32.7 Å². The van der Waals surface area contributed by atoms with Gasteiger partial charge in [-0.3, -0.25) is 4.90 Å². The van der Waals surface area contributed by atoms with Crippen molar-refractivity contribution < 1.29 is 4.74 Å². The van der Waals surface area contributed by atoms with Crippen LogP contribution in [0.3, 0.4) is 0 Å². The van der Waals surface area contributed by atoms with Gasteiger partial charge in [0, 0.05) is 26.2 Å². The molecule has 0 radical (unpaired) electrons. The Balaban J connectivity index is 1.69. The maximum atomic E-state index is 6.08. The lowest BCUT2D eigenvalue weighted by Gasteiger charge is -2.28. The van der Waals surface area contributed by atoms with Crippen molar-refractivity contribution in [3.63, 3.8) is 0 Å². The Labute approximate surface area is 105 Å². The molecule has 0 saturated carbocycles. The second kappa shape index (κ2) is 6.53. The van der Waals surface area contributed by atoms with Gasteiger partial charge in [0.25, 0.3) is 0 Å². The fraction of sp³-hybridized carbons (Fsp3) is 0.857. The first kappa shape index (κ1) is 13.1. The molecule has 2 rings (SSSR count). The fourth-order valence-electron chi connectivity index (χ4n) is 2.80. The number of hydrogen-bond donors (Lipinski definition) is 1. The van der Waals surface area contributed by atoms with Crippen LogP contribution in [0.25, 0.3) is 0 Å². The van der Waals surface area contributed by atoms with Crippen LogP contribution in [0.5, 0.6) is 0 Å². The van der Waals surface area contributed by atoms with Crippen molar-refractivity contribution in [1.82, 2.24) is 10.2 Å². The van der Waals surface area contributed by atoms with Crippen molar-refractivity contribution in [3.8, 4) is 0 Å². The zero-order valence-corrected chi connectivity index (χ0v) is 11.2. The van der Waals surface area contributed by atoms with Crippen molar-refractivity contribution in [3.05, 3.63) is 11.6 Å². The molecule has 0 aromatic heterocycles. The summed E-state index contributed by atoms with van der Waals surface area (Å²) < 4.78 is 6.08. The number of likely N-dealkylation sites (N-methyl/N-ethyl adjacent to an activating group) is 1. The highest BCUT2D eigenvalue weighted by atomic mass is 16.5. The van der Waals surface area contributed by atoms with Crippen LogP contribution in [0, 0.1) is 0 Å². The van der Waals surface area contributed by atoms with Gasteiger partial charge in [-0.2, -0.15) is 0 Å². The minimum atomic E-state index is 0.446. The summed E-state index contributed by atoms with van der Waals surface area (Å²) in [5, 5.41) is 3.37. The van der Waals surface area contributed by atoms with E-state index in [1.807, 2.05) is 0 Å². The predicted octanol–water partition coefficient (Wildman–Crippen LogP) is 1.80. The van der Waals surface area contributed by atoms with Gasteiger partial charge < -0.3 is 10.1 Å². The van der Waals surface area contributed by atoms with Crippen LogP contribution in [0.1, 0.15) is 33.1 Å². The molecule has 0 spiro atoms. The Morgan fingerprint density at radius 2 is 2.24 bits per heavy atom. The average Bonchev–Trinajstić information content (AvgIpc) is 2.74. The third-order valence-electron chi connectivity index (χ3n) is 3.69. The van der Waals surface area contributed by atoms with E-state index in [9.17, 15) is 0 Å². The minimum Gasteiger partial charge on any atom is -0.372 e. The molecule has 2 aliphatic heterocycles. The van der Waals surface area contributed by atoms with Crippen LogP contribution in [0.2, 0.25) is 0 Å². The van der Waals surface area contributed by atoms with E-state index in [1.54, 1.807) is 0 Å². The summed E-state index contributed by atoms with van der Waals surface area (Å²) in [5.41, 5.74) is 1.51. The van der Waals surface area contributed by atoms with E-state index in [2.05, 4.69) is 30.1 Å². The first-order chi connectivity index (χ1) is 8.28. The summed E-state index contributed by atoms with van der Waals surface area (Å²) in [6, 6.07) is 0. The van der Waals surface area contributed by atoms with Crippen LogP contribution in [-0.2, 0) is 4.74 Å². The van der Waals surface area contributed by atoms with Crippen LogP contribution in [0.4, 0.5) is 0 Å². The molecular weight excluding hydrogens is 212 g/mol. The molecule has 2 heterocycles. The summed E-state index contributed by atoms with van der Waals surface area (Å²) in [6.45, 7) is 9.90. The number of nitrogens with zero attached hydrogens (tertiary/aromatic N) is 1. The van der Waals surface area contributed by atoms with Gasteiger partial charge in [-0.15, -0.1) is 0 Å². The zero-order chi connectivity index (χ0) is 12.1. The Morgan fingerprint density at radius 1 is 1.41 bits per heavy atom. The second-order valence-electron chi connectivity index (χ2n) is 5.34. The standard InChI is InChI=1S/C14H26N2O/c1-3-15-9-13-6-7-14(17-13)11-16-8-4-5-12(2)10-16/h5,13-15H,3-4,6-11H2,1-2H3. The molecule has 0 bridgehead atoms. The van der Waals surface area contributed by atoms with Gasteiger partial charge in [0.1, 0.15) is 0 Å². The van der Waals surface area contributed by atoms with Gasteiger partial charge >= 0.3 is 0 Å². The van der Waals surface area contributed by atoms with Gasteiger partial charge in [-0.25, -0.2) is 0 Å². The van der Waals surface area contributed by atoms with Gasteiger partial charge in [0.15, 0.2) is 0 Å². The van der Waals surface area contributed by atoms with E-state index in [4.69, 9.17) is 4.74 Å². The highest BCUT2D eigenvalue weighted by Gasteiger charge is 2.26. The topological polar surface area (TPSA) is 24.5 Å². The third-order valence-corrected chi connectivity index (χ3v) is 3.69. The Hall–Kier alpha value is -0.380. The smallest absolute Gasteiger partial charge is 0.0707 e. The van der Waals surface area contributed by atoms with Crippen LogP contribution < -0.4 is 5.32 Å². The van der Waals surface area contributed by atoms with Crippen LogP contribution in [-0.4, -0.2) is 49.8 Å². The number of hydrogen-bond acceptors (Lipinski definition) is 3. The summed E-state index contributed by atoms with van der Waals surface area (Å²) in [4.78, 5) is 2.54. The highest BCUT2D eigenvalue weighted by Crippen LogP contribution is 2.21. The zero-order valence-electron chi connectivity index (χ0n) is 11.2. The second-order valence-corrected chi connectivity index (χ2v) is 5.34. The molecule has 17 heavy (non-hydrogen) atoms. The lowest BCUT2D eigenvalue weighted by atomic mass is 10.1. The molecule has 2 atom stereocenters. The first-order valence-corrected chi connectivity index (χ1v) is 7.02. The quantitative estimate of drug-likeness (QED) is 0.739. The molecule has 1 N–H and O–H groups in total. The average molecular weight is 238 g/mol. The highest BCUT2D eigenvalue weighted by molar-refractivity contribution is 5.04. The van der Waals surface area contributed by atoms with E-state index in [-0.39, 0.29) is 0 Å². The fourth-order valence-corrected chi connectivity index (χ4v) is 2.80. The van der Waals surface area contributed by atoms with E-state index in [1.165, 1.54) is 31.4 Å². The summed E-state index contributed by atoms with van der Waals surface area (Å²) in [7, 11) is 0. The van der Waals surface area contributed by atoms with Crippen molar-refractivity contribution >= 4 is 0 Å². The lowest BCUT2D eigenvalue weighted by molar-refractivity contribution is 0.0248. The van der Waals surface area contributed by atoms with E-state index in [0.29, 0.717) is 12.2 Å². The molecule has 3 nitrogen and oxygen atoms in total. The van der Waals surface area contributed by atoms with Gasteiger partial charge in [-0.1, -0.05) is 18.6 Å². The summed E-state index contributed by atoms with van der Waals surface area (Å²) in [5.74, 6) is 0. The molecule has 0 aromatic carbocycles. The summed E-state index contributed by atoms with van der Waals surface area (Å²) in [6.07, 6.45) is 6.93. The van der Waals surface area contributed by atoms with Crippen LogP contribution >= 0.6 is 0 Å². The molecular formula is C14H26N2O. The SMILES string of the molecule is CCNCC1CCC(CN2CCC=C(C)C2)O1. The summed E-state index contributed by atoms with van der Waals surface area (Å²) >= 11 is 0. The third kappa shape index (κ3) is 4.09.